The number of carbonyl (C=O) groups excluding carboxylic acids is 3. The molecule has 1 saturated carbocycles. The number of amides is 3. The summed E-state index contributed by atoms with van der Waals surface area (Å²) in [6.45, 7) is -0.567. The fourth-order valence-corrected chi connectivity index (χ4v) is 2.40. The van der Waals surface area contributed by atoms with Crippen LogP contribution < -0.4 is 10.6 Å². The van der Waals surface area contributed by atoms with Crippen LogP contribution in [-0.2, 0) is 9.53 Å². The third-order valence-corrected chi connectivity index (χ3v) is 3.56. The molecule has 7 nitrogen and oxygen atoms in total. The number of rotatable bonds is 4. The van der Waals surface area contributed by atoms with E-state index >= 15 is 0 Å². The third-order valence-electron chi connectivity index (χ3n) is 3.26. The highest BCUT2D eigenvalue weighted by atomic mass is 35.5. The fraction of sp³-hybridized carbons (Fsp3) is 0.429. The second-order valence-electron chi connectivity index (χ2n) is 4.92. The van der Waals surface area contributed by atoms with Crippen molar-refractivity contribution in [2.24, 2.45) is 0 Å². The van der Waals surface area contributed by atoms with Gasteiger partial charge in [0, 0.05) is 12.2 Å². The summed E-state index contributed by atoms with van der Waals surface area (Å²) in [6.07, 6.45) is 5.40. The monoisotopic (exact) mass is 325 g/mol. The van der Waals surface area contributed by atoms with E-state index in [0.29, 0.717) is 0 Å². The molecule has 1 aliphatic carbocycles. The summed E-state index contributed by atoms with van der Waals surface area (Å²) in [6, 6.07) is 2.48. The average Bonchev–Trinajstić information content (AvgIpc) is 2.98. The van der Waals surface area contributed by atoms with Gasteiger partial charge >= 0.3 is 12.0 Å². The summed E-state index contributed by atoms with van der Waals surface area (Å²) >= 11 is 5.74. The van der Waals surface area contributed by atoms with Gasteiger partial charge in [-0.1, -0.05) is 24.4 Å². The predicted octanol–water partition coefficient (Wildman–Crippen LogP) is 1.66. The van der Waals surface area contributed by atoms with Gasteiger partial charge in [0.05, 0.1) is 5.56 Å². The molecule has 22 heavy (non-hydrogen) atoms. The predicted molar refractivity (Wildman–Crippen MR) is 78.5 cm³/mol. The maximum atomic E-state index is 11.7. The number of hydrogen-bond acceptors (Lipinski definition) is 5. The van der Waals surface area contributed by atoms with Gasteiger partial charge in [0.1, 0.15) is 5.15 Å². The lowest BCUT2D eigenvalue weighted by Gasteiger charge is -2.12. The average molecular weight is 326 g/mol. The molecule has 1 fully saturated rings. The fourth-order valence-electron chi connectivity index (χ4n) is 2.20. The molecule has 0 atom stereocenters. The van der Waals surface area contributed by atoms with E-state index in [1.54, 1.807) is 0 Å². The van der Waals surface area contributed by atoms with Crippen LogP contribution in [0.15, 0.2) is 18.3 Å². The maximum absolute atomic E-state index is 11.7. The Kier molecular flexibility index (Phi) is 5.71. The van der Waals surface area contributed by atoms with Crippen molar-refractivity contribution < 1.29 is 19.1 Å². The highest BCUT2D eigenvalue weighted by Gasteiger charge is 2.19. The van der Waals surface area contributed by atoms with Crippen molar-refractivity contribution in [2.45, 2.75) is 31.7 Å². The summed E-state index contributed by atoms with van der Waals surface area (Å²) < 4.78 is 4.79. The number of urea groups is 1. The Morgan fingerprint density at radius 3 is 2.73 bits per heavy atom. The number of nitrogens with zero attached hydrogens (tertiary/aromatic N) is 1. The van der Waals surface area contributed by atoms with E-state index < -0.39 is 24.5 Å². The Labute approximate surface area is 132 Å². The number of nitrogens with one attached hydrogen (secondary N) is 2. The van der Waals surface area contributed by atoms with Crippen molar-refractivity contribution >= 4 is 29.5 Å². The molecule has 1 aromatic rings. The molecule has 0 saturated heterocycles. The van der Waals surface area contributed by atoms with Crippen LogP contribution in [-0.4, -0.2) is 35.5 Å². The zero-order valence-electron chi connectivity index (χ0n) is 11.8. The van der Waals surface area contributed by atoms with Crippen LogP contribution in [0.1, 0.15) is 36.0 Å². The molecule has 1 aliphatic rings. The summed E-state index contributed by atoms with van der Waals surface area (Å²) in [7, 11) is 0. The SMILES string of the molecule is O=C(COC(=O)c1cccnc1Cl)NC(=O)NC1CCCC1. The number of pyridine rings is 1. The summed E-state index contributed by atoms with van der Waals surface area (Å²) in [4.78, 5) is 38.6. The number of carbonyl (C=O) groups is 3. The first-order valence-electron chi connectivity index (χ1n) is 6.94. The molecule has 0 bridgehead atoms. The van der Waals surface area contributed by atoms with Gasteiger partial charge in [0.15, 0.2) is 6.61 Å². The molecule has 1 aromatic heterocycles. The van der Waals surface area contributed by atoms with Crippen molar-refractivity contribution in [3.8, 4) is 0 Å². The normalized spacial score (nSPS) is 14.4. The van der Waals surface area contributed by atoms with E-state index in [1.807, 2.05) is 0 Å². The molecule has 0 spiro atoms. The van der Waals surface area contributed by atoms with E-state index in [1.165, 1.54) is 18.3 Å². The molecular weight excluding hydrogens is 310 g/mol. The smallest absolute Gasteiger partial charge is 0.341 e. The zero-order chi connectivity index (χ0) is 15.9. The Morgan fingerprint density at radius 1 is 1.32 bits per heavy atom. The standard InChI is InChI=1S/C14H16ClN3O4/c15-12-10(6-3-7-16-12)13(20)22-8-11(19)18-14(21)17-9-4-1-2-5-9/h3,6-7,9H,1-2,4-5,8H2,(H2,17,18,19,21). The van der Waals surface area contributed by atoms with Gasteiger partial charge < -0.3 is 10.1 Å². The topological polar surface area (TPSA) is 97.4 Å². The van der Waals surface area contributed by atoms with Crippen LogP contribution in [0, 0.1) is 0 Å². The lowest BCUT2D eigenvalue weighted by atomic mass is 10.2. The summed E-state index contributed by atoms with van der Waals surface area (Å²) in [5.74, 6) is -1.48. The van der Waals surface area contributed by atoms with Gasteiger partial charge in [-0.2, -0.15) is 0 Å². The van der Waals surface area contributed by atoms with Crippen molar-refractivity contribution in [3.63, 3.8) is 0 Å². The van der Waals surface area contributed by atoms with Crippen molar-refractivity contribution in [1.29, 1.82) is 0 Å². The van der Waals surface area contributed by atoms with E-state index in [-0.39, 0.29) is 16.8 Å². The molecular formula is C14H16ClN3O4. The van der Waals surface area contributed by atoms with E-state index in [0.717, 1.165) is 25.7 Å². The largest absolute Gasteiger partial charge is 0.452 e. The van der Waals surface area contributed by atoms with Crippen LogP contribution >= 0.6 is 11.6 Å². The first-order valence-corrected chi connectivity index (χ1v) is 7.32. The highest BCUT2D eigenvalue weighted by molar-refractivity contribution is 6.32. The molecule has 2 N–H and O–H groups in total. The number of ether oxygens (including phenoxy) is 1. The first-order chi connectivity index (χ1) is 10.6. The number of esters is 1. The van der Waals surface area contributed by atoms with Gasteiger partial charge in [-0.05, 0) is 25.0 Å². The quantitative estimate of drug-likeness (QED) is 0.648. The van der Waals surface area contributed by atoms with Gasteiger partial charge in [-0.25, -0.2) is 14.6 Å². The Hall–Kier alpha value is -2.15. The number of halogens is 1. The number of aromatic nitrogens is 1. The van der Waals surface area contributed by atoms with Crippen molar-refractivity contribution in [1.82, 2.24) is 15.6 Å². The molecule has 0 aliphatic heterocycles. The minimum absolute atomic E-state index is 0.00751. The lowest BCUT2D eigenvalue weighted by molar-refractivity contribution is -0.123. The first kappa shape index (κ1) is 16.2. The second kappa shape index (κ2) is 7.74. The van der Waals surface area contributed by atoms with E-state index in [2.05, 4.69) is 15.6 Å². The van der Waals surface area contributed by atoms with Gasteiger partial charge in [-0.15, -0.1) is 0 Å². The molecule has 3 amide bonds. The summed E-state index contributed by atoms with van der Waals surface area (Å²) in [5.41, 5.74) is 0.0624. The number of hydrogen-bond donors (Lipinski definition) is 2. The molecule has 0 radical (unpaired) electrons. The van der Waals surface area contributed by atoms with E-state index in [4.69, 9.17) is 16.3 Å². The lowest BCUT2D eigenvalue weighted by Crippen LogP contribution is -2.45. The van der Waals surface area contributed by atoms with E-state index in [9.17, 15) is 14.4 Å². The van der Waals surface area contributed by atoms with Crippen LogP contribution in [0.25, 0.3) is 0 Å². The van der Waals surface area contributed by atoms with Crippen LogP contribution in [0.5, 0.6) is 0 Å². The third kappa shape index (κ3) is 4.70. The minimum atomic E-state index is -0.774. The Balaban J connectivity index is 1.74. The molecule has 0 aromatic carbocycles. The molecule has 2 rings (SSSR count). The molecule has 8 heteroatoms. The van der Waals surface area contributed by atoms with Gasteiger partial charge in [0.2, 0.25) is 0 Å². The van der Waals surface area contributed by atoms with Gasteiger partial charge in [0.25, 0.3) is 5.91 Å². The van der Waals surface area contributed by atoms with Crippen molar-refractivity contribution in [2.75, 3.05) is 6.61 Å². The van der Waals surface area contributed by atoms with Crippen molar-refractivity contribution in [3.05, 3.63) is 29.0 Å². The van der Waals surface area contributed by atoms with Crippen LogP contribution in [0.4, 0.5) is 4.79 Å². The van der Waals surface area contributed by atoms with Crippen LogP contribution in [0.2, 0.25) is 5.15 Å². The summed E-state index contributed by atoms with van der Waals surface area (Å²) in [5, 5.41) is 4.80. The molecule has 0 unspecified atom stereocenters. The van der Waals surface area contributed by atoms with Crippen LogP contribution in [0.3, 0.4) is 0 Å². The molecule has 1 heterocycles. The van der Waals surface area contributed by atoms with Gasteiger partial charge in [-0.3, -0.25) is 10.1 Å². The Morgan fingerprint density at radius 2 is 2.05 bits per heavy atom. The number of imide groups is 1. The minimum Gasteiger partial charge on any atom is -0.452 e. The maximum Gasteiger partial charge on any atom is 0.341 e. The Bertz CT molecular complexity index is 573. The zero-order valence-corrected chi connectivity index (χ0v) is 12.6. The molecule has 118 valence electrons. The second-order valence-corrected chi connectivity index (χ2v) is 5.28. The highest BCUT2D eigenvalue weighted by Crippen LogP contribution is 2.17.